The molecular formula is C15H19NOS. The van der Waals surface area contributed by atoms with Gasteiger partial charge in [0, 0.05) is 10.9 Å². The standard InChI is InChI=1S/C15H19NOS/c1-10-6-4-7-13(11(10)2)17-15(12(3)16)14-8-5-9-18-14/h4-9,12,15H,16H2,1-3H3. The maximum absolute atomic E-state index is 6.12. The molecule has 0 fully saturated rings. The van der Waals surface area contributed by atoms with Crippen LogP contribution in [-0.2, 0) is 0 Å². The van der Waals surface area contributed by atoms with Crippen molar-refractivity contribution in [1.82, 2.24) is 0 Å². The van der Waals surface area contributed by atoms with Crippen molar-refractivity contribution in [3.63, 3.8) is 0 Å². The Kier molecular flexibility index (Phi) is 4.04. The van der Waals surface area contributed by atoms with Gasteiger partial charge in [0.1, 0.15) is 11.9 Å². The number of hydrogen-bond acceptors (Lipinski definition) is 3. The molecule has 2 N–H and O–H groups in total. The third-order valence-electron chi connectivity index (χ3n) is 3.11. The van der Waals surface area contributed by atoms with E-state index < -0.39 is 0 Å². The number of aryl methyl sites for hydroxylation is 1. The first-order valence-electron chi connectivity index (χ1n) is 6.11. The summed E-state index contributed by atoms with van der Waals surface area (Å²) >= 11 is 1.68. The van der Waals surface area contributed by atoms with Gasteiger partial charge in [-0.25, -0.2) is 0 Å². The topological polar surface area (TPSA) is 35.2 Å². The van der Waals surface area contributed by atoms with Gasteiger partial charge in [0.05, 0.1) is 0 Å². The van der Waals surface area contributed by atoms with Crippen molar-refractivity contribution in [2.24, 2.45) is 5.73 Å². The summed E-state index contributed by atoms with van der Waals surface area (Å²) in [6, 6.07) is 10.2. The molecule has 0 spiro atoms. The van der Waals surface area contributed by atoms with Crippen LogP contribution in [0.5, 0.6) is 5.75 Å². The molecule has 0 saturated carbocycles. The Bertz CT molecular complexity index is 505. The Hall–Kier alpha value is -1.32. The molecule has 2 rings (SSSR count). The molecule has 0 aliphatic rings. The fourth-order valence-corrected chi connectivity index (χ4v) is 2.73. The third-order valence-corrected chi connectivity index (χ3v) is 4.04. The number of ether oxygens (including phenoxy) is 1. The van der Waals surface area contributed by atoms with Crippen molar-refractivity contribution in [2.45, 2.75) is 32.9 Å². The van der Waals surface area contributed by atoms with E-state index in [2.05, 4.69) is 31.4 Å². The molecule has 2 aromatic rings. The number of thiophene rings is 1. The Morgan fingerprint density at radius 3 is 2.56 bits per heavy atom. The minimum Gasteiger partial charge on any atom is -0.483 e. The van der Waals surface area contributed by atoms with Crippen molar-refractivity contribution in [3.8, 4) is 5.75 Å². The van der Waals surface area contributed by atoms with E-state index in [-0.39, 0.29) is 12.1 Å². The van der Waals surface area contributed by atoms with Gasteiger partial charge < -0.3 is 10.5 Å². The molecule has 2 unspecified atom stereocenters. The van der Waals surface area contributed by atoms with E-state index in [0.29, 0.717) is 0 Å². The lowest BCUT2D eigenvalue weighted by atomic mass is 10.1. The third kappa shape index (κ3) is 2.74. The Labute approximate surface area is 112 Å². The summed E-state index contributed by atoms with van der Waals surface area (Å²) in [4.78, 5) is 1.17. The zero-order valence-electron chi connectivity index (χ0n) is 11.0. The molecule has 0 radical (unpaired) electrons. The van der Waals surface area contributed by atoms with Gasteiger partial charge in [0.25, 0.3) is 0 Å². The minimum atomic E-state index is -0.0782. The Morgan fingerprint density at radius 1 is 1.17 bits per heavy atom. The van der Waals surface area contributed by atoms with Crippen LogP contribution < -0.4 is 10.5 Å². The van der Waals surface area contributed by atoms with E-state index in [9.17, 15) is 0 Å². The second kappa shape index (κ2) is 5.55. The summed E-state index contributed by atoms with van der Waals surface area (Å²) in [5, 5.41) is 2.05. The fraction of sp³-hybridized carbons (Fsp3) is 0.333. The molecule has 1 aromatic heterocycles. The predicted octanol–water partition coefficient (Wildman–Crippen LogP) is 3.83. The molecule has 0 aliphatic carbocycles. The number of nitrogens with two attached hydrogens (primary N) is 1. The first-order chi connectivity index (χ1) is 8.59. The molecule has 0 saturated heterocycles. The predicted molar refractivity (Wildman–Crippen MR) is 77.3 cm³/mol. The zero-order valence-corrected chi connectivity index (χ0v) is 11.8. The van der Waals surface area contributed by atoms with E-state index in [1.54, 1.807) is 11.3 Å². The van der Waals surface area contributed by atoms with Gasteiger partial charge >= 0.3 is 0 Å². The summed E-state index contributed by atoms with van der Waals surface area (Å²) in [7, 11) is 0. The van der Waals surface area contributed by atoms with Crippen LogP contribution in [0.25, 0.3) is 0 Å². The quantitative estimate of drug-likeness (QED) is 0.907. The largest absolute Gasteiger partial charge is 0.483 e. The summed E-state index contributed by atoms with van der Waals surface area (Å²) in [5.41, 5.74) is 8.46. The molecule has 1 heterocycles. The molecule has 0 bridgehead atoms. The number of benzene rings is 1. The van der Waals surface area contributed by atoms with Crippen molar-refractivity contribution >= 4 is 11.3 Å². The maximum Gasteiger partial charge on any atom is 0.148 e. The highest BCUT2D eigenvalue weighted by Crippen LogP contribution is 2.30. The van der Waals surface area contributed by atoms with Crippen molar-refractivity contribution in [3.05, 3.63) is 51.7 Å². The first kappa shape index (κ1) is 13.1. The van der Waals surface area contributed by atoms with Gasteiger partial charge in [-0.05, 0) is 49.4 Å². The lowest BCUT2D eigenvalue weighted by Gasteiger charge is -2.23. The van der Waals surface area contributed by atoms with Crippen LogP contribution in [0.4, 0.5) is 0 Å². The summed E-state index contributed by atoms with van der Waals surface area (Å²) < 4.78 is 6.12. The average molecular weight is 261 g/mol. The molecule has 1 aromatic carbocycles. The second-order valence-corrected chi connectivity index (χ2v) is 5.59. The van der Waals surface area contributed by atoms with Crippen molar-refractivity contribution in [2.75, 3.05) is 0 Å². The fourth-order valence-electron chi connectivity index (χ4n) is 1.87. The molecular weight excluding hydrogens is 242 g/mol. The van der Waals surface area contributed by atoms with Gasteiger partial charge in [-0.3, -0.25) is 0 Å². The summed E-state index contributed by atoms with van der Waals surface area (Å²) in [6.07, 6.45) is -0.0782. The van der Waals surface area contributed by atoms with E-state index in [1.807, 2.05) is 25.1 Å². The van der Waals surface area contributed by atoms with Crippen molar-refractivity contribution in [1.29, 1.82) is 0 Å². The van der Waals surface area contributed by atoms with Crippen LogP contribution in [0, 0.1) is 13.8 Å². The number of rotatable bonds is 4. The van der Waals surface area contributed by atoms with Gasteiger partial charge in [0.15, 0.2) is 0 Å². The lowest BCUT2D eigenvalue weighted by molar-refractivity contribution is 0.183. The molecule has 18 heavy (non-hydrogen) atoms. The number of hydrogen-bond donors (Lipinski definition) is 1. The highest BCUT2D eigenvalue weighted by Gasteiger charge is 2.20. The van der Waals surface area contributed by atoms with Crippen LogP contribution in [0.15, 0.2) is 35.7 Å². The highest BCUT2D eigenvalue weighted by atomic mass is 32.1. The monoisotopic (exact) mass is 261 g/mol. The molecule has 0 amide bonds. The van der Waals surface area contributed by atoms with Crippen LogP contribution in [0.2, 0.25) is 0 Å². The van der Waals surface area contributed by atoms with Crippen LogP contribution >= 0.6 is 11.3 Å². The average Bonchev–Trinajstić information content (AvgIpc) is 2.84. The maximum atomic E-state index is 6.12. The van der Waals surface area contributed by atoms with E-state index >= 15 is 0 Å². The van der Waals surface area contributed by atoms with E-state index in [0.717, 1.165) is 5.75 Å². The first-order valence-corrected chi connectivity index (χ1v) is 6.99. The normalized spacial score (nSPS) is 14.2. The SMILES string of the molecule is Cc1cccc(OC(c2cccs2)C(C)N)c1C. The molecule has 2 nitrogen and oxygen atoms in total. The Morgan fingerprint density at radius 2 is 1.94 bits per heavy atom. The lowest BCUT2D eigenvalue weighted by Crippen LogP contribution is -2.28. The minimum absolute atomic E-state index is 0.0384. The molecule has 96 valence electrons. The smallest absolute Gasteiger partial charge is 0.148 e. The van der Waals surface area contributed by atoms with Gasteiger partial charge in [-0.1, -0.05) is 18.2 Å². The van der Waals surface area contributed by atoms with Crippen LogP contribution in [-0.4, -0.2) is 6.04 Å². The molecule has 0 aliphatic heterocycles. The molecule has 3 heteroatoms. The van der Waals surface area contributed by atoms with Gasteiger partial charge in [0.2, 0.25) is 0 Å². The zero-order chi connectivity index (χ0) is 13.1. The van der Waals surface area contributed by atoms with E-state index in [4.69, 9.17) is 10.5 Å². The van der Waals surface area contributed by atoms with Gasteiger partial charge in [-0.15, -0.1) is 11.3 Å². The van der Waals surface area contributed by atoms with Crippen LogP contribution in [0.1, 0.15) is 29.0 Å². The highest BCUT2D eigenvalue weighted by molar-refractivity contribution is 7.10. The summed E-state index contributed by atoms with van der Waals surface area (Å²) in [6.45, 7) is 6.15. The van der Waals surface area contributed by atoms with Crippen LogP contribution in [0.3, 0.4) is 0 Å². The second-order valence-electron chi connectivity index (χ2n) is 4.61. The van der Waals surface area contributed by atoms with Gasteiger partial charge in [-0.2, -0.15) is 0 Å². The van der Waals surface area contributed by atoms with Crippen molar-refractivity contribution < 1.29 is 4.74 Å². The molecule has 2 atom stereocenters. The Balaban J connectivity index is 2.27. The summed E-state index contributed by atoms with van der Waals surface area (Å²) in [5.74, 6) is 0.922. The van der Waals surface area contributed by atoms with E-state index in [1.165, 1.54) is 16.0 Å².